The van der Waals surface area contributed by atoms with E-state index in [1.54, 1.807) is 16.9 Å². The number of carbonyl (C=O) groups excluding carboxylic acids is 1. The van der Waals surface area contributed by atoms with E-state index < -0.39 is 11.5 Å². The van der Waals surface area contributed by atoms with Gasteiger partial charge in [0.1, 0.15) is 6.07 Å². The number of nitrogens with zero attached hydrogens (tertiary/aromatic N) is 3. The Morgan fingerprint density at radius 2 is 1.93 bits per heavy atom. The van der Waals surface area contributed by atoms with Crippen LogP contribution in [0.4, 0.5) is 0 Å². The maximum atomic E-state index is 11.2. The van der Waals surface area contributed by atoms with E-state index in [4.69, 9.17) is 14.7 Å². The number of aromatic nitrogens is 2. The third-order valence-electron chi connectivity index (χ3n) is 4.64. The molecule has 7 heteroatoms. The molecule has 0 saturated heterocycles. The second-order valence-corrected chi connectivity index (χ2v) is 6.79. The number of carboxylic acids is 1. The number of rotatable bonds is 5. The number of benzene rings is 2. The van der Waals surface area contributed by atoms with Crippen LogP contribution in [0.15, 0.2) is 60.3 Å². The molecule has 2 heterocycles. The van der Waals surface area contributed by atoms with Crippen LogP contribution in [-0.4, -0.2) is 29.0 Å². The molecular formula is C23H18N3O4-. The van der Waals surface area contributed by atoms with Crippen molar-refractivity contribution in [1.29, 1.82) is 5.26 Å². The quantitative estimate of drug-likeness (QED) is 0.482. The summed E-state index contributed by atoms with van der Waals surface area (Å²) in [6, 6.07) is 16.9. The van der Waals surface area contributed by atoms with E-state index in [0.29, 0.717) is 42.5 Å². The maximum Gasteiger partial charge on any atom is 0.161 e. The highest BCUT2D eigenvalue weighted by Crippen LogP contribution is 2.35. The van der Waals surface area contributed by atoms with Gasteiger partial charge < -0.3 is 19.4 Å². The topological polar surface area (TPSA) is 100 Å². The molecule has 0 atom stereocenters. The molecular weight excluding hydrogens is 382 g/mol. The van der Waals surface area contributed by atoms with Crippen molar-refractivity contribution >= 4 is 12.0 Å². The number of aliphatic carboxylic acids is 1. The zero-order valence-electron chi connectivity index (χ0n) is 16.1. The van der Waals surface area contributed by atoms with E-state index in [9.17, 15) is 9.90 Å². The summed E-state index contributed by atoms with van der Waals surface area (Å²) in [5.41, 5.74) is 2.34. The van der Waals surface area contributed by atoms with Crippen LogP contribution in [0.25, 0.3) is 17.3 Å². The summed E-state index contributed by atoms with van der Waals surface area (Å²) in [7, 11) is 0. The molecule has 0 N–H and O–H groups in total. The highest BCUT2D eigenvalue weighted by atomic mass is 16.5. The minimum atomic E-state index is -1.53. The van der Waals surface area contributed by atoms with Gasteiger partial charge in [-0.05, 0) is 29.8 Å². The number of hydrogen-bond donors (Lipinski definition) is 0. The smallest absolute Gasteiger partial charge is 0.161 e. The Hall–Kier alpha value is -4.05. The van der Waals surface area contributed by atoms with E-state index in [1.807, 2.05) is 48.5 Å². The molecule has 150 valence electrons. The van der Waals surface area contributed by atoms with Crippen molar-refractivity contribution in [3.05, 3.63) is 71.4 Å². The SMILES string of the molecule is N#C/C(=C\c1cn(Cc2ccccc2)nc1-c1ccc2c(c1)OCCCO2)C(=O)[O-]. The molecule has 0 spiro atoms. The molecule has 1 aliphatic rings. The molecule has 1 aliphatic heterocycles. The Labute approximate surface area is 173 Å². The molecule has 0 radical (unpaired) electrons. The molecule has 0 saturated carbocycles. The summed E-state index contributed by atoms with van der Waals surface area (Å²) in [5.74, 6) is -0.264. The second-order valence-electron chi connectivity index (χ2n) is 6.79. The summed E-state index contributed by atoms with van der Waals surface area (Å²) in [4.78, 5) is 11.2. The first-order valence-corrected chi connectivity index (χ1v) is 9.48. The van der Waals surface area contributed by atoms with Gasteiger partial charge >= 0.3 is 0 Å². The first-order chi connectivity index (χ1) is 14.6. The number of nitriles is 1. The fraction of sp³-hybridized carbons (Fsp3) is 0.174. The molecule has 1 aromatic heterocycles. The number of hydrogen-bond acceptors (Lipinski definition) is 6. The van der Waals surface area contributed by atoms with Gasteiger partial charge in [0.15, 0.2) is 11.5 Å². The zero-order valence-corrected chi connectivity index (χ0v) is 16.1. The lowest BCUT2D eigenvalue weighted by molar-refractivity contribution is -0.298. The predicted octanol–water partition coefficient (Wildman–Crippen LogP) is 2.42. The summed E-state index contributed by atoms with van der Waals surface area (Å²) in [5, 5.41) is 25.0. The van der Waals surface area contributed by atoms with E-state index in [1.165, 1.54) is 6.08 Å². The van der Waals surface area contributed by atoms with Gasteiger partial charge in [0.2, 0.25) is 0 Å². The Kier molecular flexibility index (Phi) is 5.48. The molecule has 0 fully saturated rings. The van der Waals surface area contributed by atoms with Crippen LogP contribution in [0.2, 0.25) is 0 Å². The average molecular weight is 400 g/mol. The minimum Gasteiger partial charge on any atom is -0.544 e. The monoisotopic (exact) mass is 400 g/mol. The van der Waals surface area contributed by atoms with Gasteiger partial charge in [0, 0.05) is 23.7 Å². The minimum absolute atomic E-state index is 0.468. The third kappa shape index (κ3) is 4.18. The number of carboxylic acid groups (broad SMARTS) is 1. The van der Waals surface area contributed by atoms with Gasteiger partial charge in [-0.15, -0.1) is 0 Å². The fourth-order valence-electron chi connectivity index (χ4n) is 3.22. The molecule has 2 aromatic carbocycles. The van der Waals surface area contributed by atoms with Crippen LogP contribution in [0.5, 0.6) is 11.5 Å². The lowest BCUT2D eigenvalue weighted by atomic mass is 10.1. The zero-order chi connectivity index (χ0) is 20.9. The van der Waals surface area contributed by atoms with E-state index in [2.05, 4.69) is 5.10 Å². The molecule has 0 amide bonds. The van der Waals surface area contributed by atoms with Gasteiger partial charge in [-0.25, -0.2) is 0 Å². The van der Waals surface area contributed by atoms with Crippen LogP contribution >= 0.6 is 0 Å². The number of fused-ring (bicyclic) bond motifs is 1. The van der Waals surface area contributed by atoms with E-state index in [-0.39, 0.29) is 0 Å². The van der Waals surface area contributed by atoms with Crippen molar-refractivity contribution in [3.63, 3.8) is 0 Å². The highest BCUT2D eigenvalue weighted by Gasteiger charge is 2.16. The average Bonchev–Trinajstić information content (AvgIpc) is 2.99. The molecule has 7 nitrogen and oxygen atoms in total. The Morgan fingerprint density at radius 3 is 2.67 bits per heavy atom. The summed E-state index contributed by atoms with van der Waals surface area (Å²) in [6.45, 7) is 1.64. The Morgan fingerprint density at radius 1 is 1.17 bits per heavy atom. The highest BCUT2D eigenvalue weighted by molar-refractivity contribution is 5.96. The van der Waals surface area contributed by atoms with Gasteiger partial charge in [0.25, 0.3) is 0 Å². The van der Waals surface area contributed by atoms with Crippen molar-refractivity contribution in [2.75, 3.05) is 13.2 Å². The van der Waals surface area contributed by atoms with Crippen LogP contribution in [0.3, 0.4) is 0 Å². The van der Waals surface area contributed by atoms with Crippen molar-refractivity contribution in [2.24, 2.45) is 0 Å². The van der Waals surface area contributed by atoms with Crippen molar-refractivity contribution in [2.45, 2.75) is 13.0 Å². The number of ether oxygens (including phenoxy) is 2. The molecule has 30 heavy (non-hydrogen) atoms. The molecule has 3 aromatic rings. The van der Waals surface area contributed by atoms with E-state index in [0.717, 1.165) is 17.5 Å². The van der Waals surface area contributed by atoms with Crippen molar-refractivity contribution < 1.29 is 19.4 Å². The van der Waals surface area contributed by atoms with Crippen LogP contribution in [0.1, 0.15) is 17.5 Å². The standard InChI is InChI=1S/C23H19N3O4/c24-13-18(23(27)28)11-19-15-26(14-16-5-2-1-3-6-16)25-22(19)17-7-8-20-21(12-17)30-10-4-9-29-20/h1-3,5-8,11-12,15H,4,9-10,14H2,(H,27,28)/p-1/b18-11+. The maximum absolute atomic E-state index is 11.2. The van der Waals surface area contributed by atoms with Gasteiger partial charge in [-0.2, -0.15) is 10.4 Å². The Balaban J connectivity index is 1.78. The van der Waals surface area contributed by atoms with Gasteiger partial charge in [0.05, 0.1) is 37.0 Å². The van der Waals surface area contributed by atoms with Crippen LogP contribution < -0.4 is 14.6 Å². The first-order valence-electron chi connectivity index (χ1n) is 9.48. The predicted molar refractivity (Wildman–Crippen MR) is 107 cm³/mol. The van der Waals surface area contributed by atoms with Crippen LogP contribution in [0, 0.1) is 11.3 Å². The number of carbonyl (C=O) groups is 1. The lowest BCUT2D eigenvalue weighted by Crippen LogP contribution is -2.23. The van der Waals surface area contributed by atoms with E-state index >= 15 is 0 Å². The largest absolute Gasteiger partial charge is 0.544 e. The van der Waals surface area contributed by atoms with Crippen molar-refractivity contribution in [1.82, 2.24) is 9.78 Å². The summed E-state index contributed by atoms with van der Waals surface area (Å²) >= 11 is 0. The van der Waals surface area contributed by atoms with Crippen molar-refractivity contribution in [3.8, 4) is 28.8 Å². The molecule has 0 bridgehead atoms. The second kappa shape index (κ2) is 8.53. The fourth-order valence-corrected chi connectivity index (χ4v) is 3.22. The Bertz CT molecular complexity index is 1140. The summed E-state index contributed by atoms with van der Waals surface area (Å²) < 4.78 is 13.1. The molecule has 0 aliphatic carbocycles. The van der Waals surface area contributed by atoms with Crippen LogP contribution in [-0.2, 0) is 11.3 Å². The molecule has 4 rings (SSSR count). The van der Waals surface area contributed by atoms with Gasteiger partial charge in [-0.1, -0.05) is 30.3 Å². The lowest BCUT2D eigenvalue weighted by Gasteiger charge is -2.09. The third-order valence-corrected chi connectivity index (χ3v) is 4.64. The normalized spacial score (nSPS) is 13.4. The molecule has 0 unspecified atom stereocenters. The summed E-state index contributed by atoms with van der Waals surface area (Å²) in [6.07, 6.45) is 3.79. The van der Waals surface area contributed by atoms with Gasteiger partial charge in [-0.3, -0.25) is 4.68 Å². The first kappa shape index (κ1) is 19.3.